The van der Waals surface area contributed by atoms with Crippen molar-refractivity contribution < 1.29 is 14.4 Å². The molecule has 0 radical (unpaired) electrons. The monoisotopic (exact) mass is 415 g/mol. The van der Waals surface area contributed by atoms with Gasteiger partial charge in [-0.05, 0) is 35.8 Å². The molecule has 1 unspecified atom stereocenters. The minimum absolute atomic E-state index is 0.0216. The summed E-state index contributed by atoms with van der Waals surface area (Å²) < 4.78 is 1.76. The highest BCUT2D eigenvalue weighted by Crippen LogP contribution is 2.31. The summed E-state index contributed by atoms with van der Waals surface area (Å²) in [6.45, 7) is 1.61. The Kier molecular flexibility index (Phi) is 5.22. The van der Waals surface area contributed by atoms with Crippen molar-refractivity contribution in [3.8, 4) is 0 Å². The molecular formula is C18H21N7O3S. The van der Waals surface area contributed by atoms with Crippen LogP contribution in [0, 0.1) is 0 Å². The molecule has 4 rings (SSSR count). The highest BCUT2D eigenvalue weighted by atomic mass is 32.2. The van der Waals surface area contributed by atoms with E-state index in [4.69, 9.17) is 0 Å². The molecule has 4 amide bonds. The van der Waals surface area contributed by atoms with Gasteiger partial charge in [0.05, 0.1) is 11.8 Å². The van der Waals surface area contributed by atoms with E-state index in [1.54, 1.807) is 35.9 Å². The number of hydrogen-bond donors (Lipinski definition) is 2. The number of carbonyl (C=O) groups is 3. The van der Waals surface area contributed by atoms with Gasteiger partial charge in [0.2, 0.25) is 11.1 Å². The number of benzene rings is 1. The number of nitrogens with zero attached hydrogens (tertiary/aromatic N) is 5. The van der Waals surface area contributed by atoms with Crippen LogP contribution in [0.4, 0.5) is 4.79 Å². The van der Waals surface area contributed by atoms with E-state index in [-0.39, 0.29) is 11.8 Å². The Balaban J connectivity index is 1.38. The van der Waals surface area contributed by atoms with Gasteiger partial charge in [-0.1, -0.05) is 54.9 Å². The smallest absolute Gasteiger partial charge is 0.318 e. The molecule has 0 spiro atoms. The number of carbonyl (C=O) groups excluding carboxylic acids is 3. The third-order valence-electron chi connectivity index (χ3n) is 5.24. The second-order valence-corrected chi connectivity index (χ2v) is 8.17. The Bertz CT molecular complexity index is 929. The van der Waals surface area contributed by atoms with Crippen LogP contribution in [0.15, 0.2) is 35.5 Å². The summed E-state index contributed by atoms with van der Waals surface area (Å²) in [5, 5.41) is 15.7. The summed E-state index contributed by atoms with van der Waals surface area (Å²) in [5.41, 5.74) is 1.80. The highest BCUT2D eigenvalue weighted by molar-refractivity contribution is 7.99. The van der Waals surface area contributed by atoms with E-state index in [1.807, 2.05) is 6.07 Å². The van der Waals surface area contributed by atoms with E-state index in [1.165, 1.54) is 11.8 Å². The van der Waals surface area contributed by atoms with E-state index in [9.17, 15) is 14.4 Å². The molecule has 2 N–H and O–H groups in total. The van der Waals surface area contributed by atoms with Gasteiger partial charge in [0.1, 0.15) is 5.54 Å². The Hall–Kier alpha value is -2.95. The number of urea groups is 1. The zero-order valence-electron chi connectivity index (χ0n) is 15.9. The molecule has 1 aromatic carbocycles. The van der Waals surface area contributed by atoms with Crippen molar-refractivity contribution in [1.82, 2.24) is 36.0 Å². The van der Waals surface area contributed by atoms with Gasteiger partial charge in [-0.15, -0.1) is 5.10 Å². The number of amides is 4. The van der Waals surface area contributed by atoms with Crippen LogP contribution in [0.5, 0.6) is 0 Å². The van der Waals surface area contributed by atoms with Crippen LogP contribution in [0.3, 0.4) is 0 Å². The van der Waals surface area contributed by atoms with Crippen LogP contribution in [0.25, 0.3) is 0 Å². The maximum atomic E-state index is 12.8. The molecular weight excluding hydrogens is 394 g/mol. The van der Waals surface area contributed by atoms with Gasteiger partial charge < -0.3 is 5.32 Å². The highest BCUT2D eigenvalue weighted by Gasteiger charge is 2.49. The summed E-state index contributed by atoms with van der Waals surface area (Å²) in [6.07, 6.45) is 4.32. The van der Waals surface area contributed by atoms with E-state index < -0.39 is 23.4 Å². The zero-order valence-corrected chi connectivity index (χ0v) is 16.7. The molecule has 1 atom stereocenters. The Labute approximate surface area is 171 Å². The summed E-state index contributed by atoms with van der Waals surface area (Å²) in [4.78, 5) is 37.5. The number of hydrogen-bond acceptors (Lipinski definition) is 7. The Morgan fingerprint density at radius 2 is 2.00 bits per heavy atom. The first-order valence-electron chi connectivity index (χ1n) is 9.41. The first kappa shape index (κ1) is 19.4. The number of nitrogens with one attached hydrogen (secondary N) is 2. The van der Waals surface area contributed by atoms with Gasteiger partial charge in [-0.2, -0.15) is 5.01 Å². The lowest BCUT2D eigenvalue weighted by Crippen LogP contribution is -2.48. The van der Waals surface area contributed by atoms with Crippen LogP contribution < -0.4 is 10.7 Å². The molecule has 1 saturated heterocycles. The number of thioether (sulfide) groups is 1. The Morgan fingerprint density at radius 1 is 1.28 bits per heavy atom. The molecule has 0 bridgehead atoms. The fourth-order valence-corrected chi connectivity index (χ4v) is 4.39. The fraction of sp³-hybridized carbons (Fsp3) is 0.444. The number of rotatable bonds is 6. The average Bonchev–Trinajstić information content (AvgIpc) is 3.45. The molecule has 10 nitrogen and oxygen atoms in total. The molecule has 1 aliphatic heterocycles. The van der Waals surface area contributed by atoms with E-state index in [0.717, 1.165) is 30.7 Å². The van der Waals surface area contributed by atoms with E-state index in [2.05, 4.69) is 26.3 Å². The van der Waals surface area contributed by atoms with Gasteiger partial charge in [-0.3, -0.25) is 15.0 Å². The molecule has 29 heavy (non-hydrogen) atoms. The molecule has 1 aromatic heterocycles. The summed E-state index contributed by atoms with van der Waals surface area (Å²) >= 11 is 1.18. The number of tetrazole rings is 1. The third-order valence-corrected chi connectivity index (χ3v) is 6.18. The van der Waals surface area contributed by atoms with Crippen molar-refractivity contribution >= 4 is 29.6 Å². The molecule has 2 fully saturated rings. The molecule has 1 saturated carbocycles. The summed E-state index contributed by atoms with van der Waals surface area (Å²) in [5.74, 6) is -1.05. The fourth-order valence-electron chi connectivity index (χ4n) is 3.65. The van der Waals surface area contributed by atoms with Gasteiger partial charge in [-0.25, -0.2) is 9.48 Å². The second kappa shape index (κ2) is 7.82. The Morgan fingerprint density at radius 3 is 2.72 bits per heavy atom. The quantitative estimate of drug-likeness (QED) is 0.540. The van der Waals surface area contributed by atoms with Crippen LogP contribution in [0.2, 0.25) is 0 Å². The normalized spacial score (nSPS) is 22.2. The first-order chi connectivity index (χ1) is 14.0. The van der Waals surface area contributed by atoms with Crippen LogP contribution in [-0.4, -0.2) is 48.8 Å². The standard InChI is InChI=1S/C18H21N7O3S/c1-18(12-7-3-2-4-8-12)15(27)25(16(28)19-18)21-14(26)11-29-17-20-22-23-24(17)13-9-5-6-10-13/h2-4,7-8,13H,5-6,9-11H2,1H3,(H,19,28)(H,21,26). The van der Waals surface area contributed by atoms with Crippen LogP contribution in [-0.2, 0) is 15.1 Å². The third kappa shape index (κ3) is 3.69. The van der Waals surface area contributed by atoms with E-state index >= 15 is 0 Å². The predicted molar refractivity (Wildman–Crippen MR) is 103 cm³/mol. The van der Waals surface area contributed by atoms with Crippen molar-refractivity contribution in [2.75, 3.05) is 5.75 Å². The topological polar surface area (TPSA) is 122 Å². The van der Waals surface area contributed by atoms with Crippen molar-refractivity contribution in [1.29, 1.82) is 0 Å². The van der Waals surface area contributed by atoms with Crippen molar-refractivity contribution in [2.45, 2.75) is 49.3 Å². The minimum Gasteiger partial charge on any atom is -0.318 e. The van der Waals surface area contributed by atoms with Gasteiger partial charge in [0, 0.05) is 0 Å². The first-order valence-corrected chi connectivity index (χ1v) is 10.4. The molecule has 1 aliphatic carbocycles. The number of aromatic nitrogens is 4. The van der Waals surface area contributed by atoms with Crippen molar-refractivity contribution in [2.24, 2.45) is 0 Å². The van der Waals surface area contributed by atoms with Gasteiger partial charge in [0.25, 0.3) is 5.91 Å². The second-order valence-electron chi connectivity index (χ2n) is 7.23. The molecule has 152 valence electrons. The van der Waals surface area contributed by atoms with E-state index in [0.29, 0.717) is 10.7 Å². The van der Waals surface area contributed by atoms with Gasteiger partial charge in [0.15, 0.2) is 0 Å². The molecule has 2 aromatic rings. The SMILES string of the molecule is CC1(c2ccccc2)NC(=O)N(NC(=O)CSc2nnnn2C2CCCC2)C1=O. The summed E-state index contributed by atoms with van der Waals surface area (Å²) in [7, 11) is 0. The lowest BCUT2D eigenvalue weighted by atomic mass is 9.92. The lowest BCUT2D eigenvalue weighted by molar-refractivity contribution is -0.138. The zero-order chi connectivity index (χ0) is 20.4. The number of hydrazine groups is 1. The molecule has 2 heterocycles. The van der Waals surface area contributed by atoms with Crippen molar-refractivity contribution in [3.63, 3.8) is 0 Å². The predicted octanol–water partition coefficient (Wildman–Crippen LogP) is 1.38. The summed E-state index contributed by atoms with van der Waals surface area (Å²) in [6, 6.07) is 8.48. The van der Waals surface area contributed by atoms with Crippen molar-refractivity contribution in [3.05, 3.63) is 35.9 Å². The maximum absolute atomic E-state index is 12.8. The lowest BCUT2D eigenvalue weighted by Gasteiger charge is -2.22. The molecule has 2 aliphatic rings. The van der Waals surface area contributed by atoms with Gasteiger partial charge >= 0.3 is 6.03 Å². The largest absolute Gasteiger partial charge is 0.344 e. The molecule has 11 heteroatoms. The maximum Gasteiger partial charge on any atom is 0.344 e. The number of imide groups is 1. The minimum atomic E-state index is -1.23. The van der Waals surface area contributed by atoms with Crippen LogP contribution >= 0.6 is 11.8 Å². The average molecular weight is 415 g/mol. The van der Waals surface area contributed by atoms with Crippen LogP contribution in [0.1, 0.15) is 44.2 Å².